The summed E-state index contributed by atoms with van der Waals surface area (Å²) in [5, 5.41) is 11.5. The lowest BCUT2D eigenvalue weighted by atomic mass is 10.3. The smallest absolute Gasteiger partial charge is 0.258 e. The van der Waals surface area contributed by atoms with E-state index in [4.69, 9.17) is 9.68 Å². The van der Waals surface area contributed by atoms with Gasteiger partial charge in [0.05, 0.1) is 24.8 Å². The highest BCUT2D eigenvalue weighted by molar-refractivity contribution is 5.47. The van der Waals surface area contributed by atoms with E-state index in [9.17, 15) is 10.1 Å². The fourth-order valence-electron chi connectivity index (χ4n) is 0.981. The summed E-state index contributed by atoms with van der Waals surface area (Å²) < 4.78 is 0. The minimum absolute atomic E-state index is 0.0286. The standard InChI is InChI=1S/C8H10N2O4/c1-13-10(14-2)8-5-3-7(4-6-8)9(11)12/h3-6H,1-2H3. The van der Waals surface area contributed by atoms with Gasteiger partial charge in [0.15, 0.2) is 0 Å². The molecular weight excluding hydrogens is 188 g/mol. The maximum Gasteiger partial charge on any atom is 0.269 e. The van der Waals surface area contributed by atoms with E-state index >= 15 is 0 Å². The van der Waals surface area contributed by atoms with Gasteiger partial charge in [-0.05, 0) is 12.1 Å². The van der Waals surface area contributed by atoms with Crippen LogP contribution in [0.15, 0.2) is 24.3 Å². The second kappa shape index (κ2) is 4.54. The fraction of sp³-hybridized carbons (Fsp3) is 0.250. The minimum Gasteiger partial charge on any atom is -0.258 e. The molecule has 76 valence electrons. The summed E-state index contributed by atoms with van der Waals surface area (Å²) in [5.74, 6) is 0. The number of benzene rings is 1. The highest BCUT2D eigenvalue weighted by Gasteiger charge is 2.08. The number of hydrogen-bond donors (Lipinski definition) is 0. The molecule has 0 aliphatic heterocycles. The van der Waals surface area contributed by atoms with Crippen molar-refractivity contribution in [2.75, 3.05) is 19.4 Å². The fourth-order valence-corrected chi connectivity index (χ4v) is 0.981. The Morgan fingerprint density at radius 2 is 1.71 bits per heavy atom. The third-order valence-corrected chi connectivity index (χ3v) is 1.60. The highest BCUT2D eigenvalue weighted by Crippen LogP contribution is 2.18. The van der Waals surface area contributed by atoms with Crippen molar-refractivity contribution < 1.29 is 14.6 Å². The number of non-ortho nitro benzene ring substituents is 1. The Bertz CT molecular complexity index is 308. The summed E-state index contributed by atoms with van der Waals surface area (Å²) in [5.41, 5.74) is 0.613. The van der Waals surface area contributed by atoms with Crippen LogP contribution in [0.25, 0.3) is 0 Å². The molecule has 0 fully saturated rings. The zero-order valence-corrected chi connectivity index (χ0v) is 7.84. The molecule has 0 bridgehead atoms. The molecule has 0 amide bonds. The molecule has 6 nitrogen and oxygen atoms in total. The molecular formula is C8H10N2O4. The lowest BCUT2D eigenvalue weighted by Gasteiger charge is -2.17. The van der Waals surface area contributed by atoms with Gasteiger partial charge in [-0.25, -0.2) is 0 Å². The average molecular weight is 198 g/mol. The van der Waals surface area contributed by atoms with Crippen LogP contribution in [-0.2, 0) is 9.68 Å². The predicted molar refractivity (Wildman–Crippen MR) is 49.6 cm³/mol. The van der Waals surface area contributed by atoms with Crippen LogP contribution in [0.5, 0.6) is 0 Å². The summed E-state index contributed by atoms with van der Waals surface area (Å²) in [4.78, 5) is 19.5. The Balaban J connectivity index is 2.87. The number of nitro groups is 1. The first-order valence-corrected chi connectivity index (χ1v) is 3.82. The number of anilines is 1. The molecule has 0 aromatic heterocycles. The summed E-state index contributed by atoms with van der Waals surface area (Å²) in [6.07, 6.45) is 0. The topological polar surface area (TPSA) is 64.8 Å². The largest absolute Gasteiger partial charge is 0.269 e. The third kappa shape index (κ3) is 2.18. The van der Waals surface area contributed by atoms with Crippen LogP contribution in [-0.4, -0.2) is 19.1 Å². The van der Waals surface area contributed by atoms with Crippen LogP contribution < -0.4 is 5.23 Å². The van der Waals surface area contributed by atoms with E-state index in [2.05, 4.69) is 0 Å². The van der Waals surface area contributed by atoms with Crippen molar-refractivity contribution >= 4 is 11.4 Å². The summed E-state index contributed by atoms with van der Waals surface area (Å²) in [6, 6.07) is 5.82. The van der Waals surface area contributed by atoms with Gasteiger partial charge >= 0.3 is 0 Å². The quantitative estimate of drug-likeness (QED) is 0.542. The van der Waals surface area contributed by atoms with Crippen molar-refractivity contribution in [3.63, 3.8) is 0 Å². The van der Waals surface area contributed by atoms with E-state index in [0.717, 1.165) is 5.23 Å². The van der Waals surface area contributed by atoms with E-state index in [-0.39, 0.29) is 5.69 Å². The normalized spacial score (nSPS) is 9.86. The molecule has 0 saturated carbocycles. The van der Waals surface area contributed by atoms with Gasteiger partial charge in [-0.1, -0.05) is 0 Å². The van der Waals surface area contributed by atoms with Crippen molar-refractivity contribution in [2.24, 2.45) is 0 Å². The van der Waals surface area contributed by atoms with Crippen LogP contribution >= 0.6 is 0 Å². The molecule has 6 heteroatoms. The Morgan fingerprint density at radius 1 is 1.21 bits per heavy atom. The van der Waals surface area contributed by atoms with Gasteiger partial charge in [-0.3, -0.25) is 19.8 Å². The summed E-state index contributed by atoms with van der Waals surface area (Å²) in [6.45, 7) is 0. The predicted octanol–water partition coefficient (Wildman–Crippen LogP) is 1.52. The Labute approximate surface area is 80.7 Å². The molecule has 0 aliphatic rings. The minimum atomic E-state index is -0.465. The van der Waals surface area contributed by atoms with Crippen LogP contribution in [0, 0.1) is 10.1 Å². The van der Waals surface area contributed by atoms with Gasteiger partial charge < -0.3 is 0 Å². The van der Waals surface area contributed by atoms with Crippen molar-refractivity contribution in [3.05, 3.63) is 34.4 Å². The number of rotatable bonds is 4. The van der Waals surface area contributed by atoms with E-state index in [1.165, 1.54) is 38.5 Å². The molecule has 0 heterocycles. The molecule has 1 aromatic rings. The lowest BCUT2D eigenvalue weighted by molar-refractivity contribution is -0.384. The van der Waals surface area contributed by atoms with Crippen molar-refractivity contribution in [1.29, 1.82) is 0 Å². The molecule has 0 saturated heterocycles. The van der Waals surface area contributed by atoms with Crippen LogP contribution in [0.1, 0.15) is 0 Å². The Hall–Kier alpha value is -1.66. The van der Waals surface area contributed by atoms with Gasteiger partial charge in [0.1, 0.15) is 0 Å². The van der Waals surface area contributed by atoms with Gasteiger partial charge in [0.25, 0.3) is 5.69 Å². The van der Waals surface area contributed by atoms with E-state index in [1.807, 2.05) is 0 Å². The first-order valence-electron chi connectivity index (χ1n) is 3.82. The maximum absolute atomic E-state index is 10.4. The van der Waals surface area contributed by atoms with E-state index in [0.29, 0.717) is 5.69 Å². The summed E-state index contributed by atoms with van der Waals surface area (Å²) in [7, 11) is 2.87. The number of hydrogen-bond acceptors (Lipinski definition) is 5. The highest BCUT2D eigenvalue weighted by atomic mass is 16.9. The molecule has 0 radical (unpaired) electrons. The van der Waals surface area contributed by atoms with Gasteiger partial charge in [-0.15, -0.1) is 5.23 Å². The first kappa shape index (κ1) is 10.4. The first-order chi connectivity index (χ1) is 6.69. The molecule has 14 heavy (non-hydrogen) atoms. The average Bonchev–Trinajstić information content (AvgIpc) is 2.20. The zero-order chi connectivity index (χ0) is 10.6. The monoisotopic (exact) mass is 198 g/mol. The Morgan fingerprint density at radius 3 is 2.07 bits per heavy atom. The molecule has 0 unspecified atom stereocenters. The van der Waals surface area contributed by atoms with Crippen molar-refractivity contribution in [3.8, 4) is 0 Å². The zero-order valence-electron chi connectivity index (χ0n) is 7.84. The molecule has 0 spiro atoms. The van der Waals surface area contributed by atoms with Gasteiger partial charge in [-0.2, -0.15) is 0 Å². The molecule has 0 aliphatic carbocycles. The van der Waals surface area contributed by atoms with Gasteiger partial charge in [0.2, 0.25) is 0 Å². The Kier molecular flexibility index (Phi) is 3.38. The summed E-state index contributed by atoms with van der Waals surface area (Å²) >= 11 is 0. The maximum atomic E-state index is 10.4. The molecule has 0 atom stereocenters. The second-order valence-corrected chi connectivity index (χ2v) is 2.40. The van der Waals surface area contributed by atoms with E-state index in [1.54, 1.807) is 0 Å². The van der Waals surface area contributed by atoms with Crippen LogP contribution in [0.2, 0.25) is 0 Å². The van der Waals surface area contributed by atoms with Gasteiger partial charge in [0, 0.05) is 12.1 Å². The third-order valence-electron chi connectivity index (χ3n) is 1.60. The van der Waals surface area contributed by atoms with Crippen LogP contribution in [0.3, 0.4) is 0 Å². The number of nitrogens with zero attached hydrogens (tertiary/aromatic N) is 2. The van der Waals surface area contributed by atoms with E-state index < -0.39 is 4.92 Å². The van der Waals surface area contributed by atoms with Crippen molar-refractivity contribution in [2.45, 2.75) is 0 Å². The molecule has 0 N–H and O–H groups in total. The molecule has 1 rings (SSSR count). The SMILES string of the molecule is CON(OC)c1ccc([N+](=O)[O-])cc1. The number of nitro benzene ring substituents is 1. The van der Waals surface area contributed by atoms with Crippen LogP contribution in [0.4, 0.5) is 11.4 Å². The lowest BCUT2D eigenvalue weighted by Crippen LogP contribution is -2.19. The second-order valence-electron chi connectivity index (χ2n) is 2.40. The van der Waals surface area contributed by atoms with Crippen molar-refractivity contribution in [1.82, 2.24) is 0 Å². The molecule has 1 aromatic carbocycles.